The number of methoxy groups -OCH3 is 1. The summed E-state index contributed by atoms with van der Waals surface area (Å²) in [6.07, 6.45) is -12.3. The van der Waals surface area contributed by atoms with Crippen LogP contribution in [0.1, 0.15) is 164 Å². The van der Waals surface area contributed by atoms with Crippen molar-refractivity contribution in [1.29, 1.82) is 0 Å². The molecule has 2 aliphatic rings. The van der Waals surface area contributed by atoms with Gasteiger partial charge >= 0.3 is 18.1 Å². The zero-order chi connectivity index (χ0) is 82.5. The van der Waals surface area contributed by atoms with Crippen molar-refractivity contribution >= 4 is 82.7 Å². The third-order valence-corrected chi connectivity index (χ3v) is 19.6. The number of hydrogen-bond acceptors (Lipinski definition) is 22. The highest BCUT2D eigenvalue weighted by atomic mass is 16.7. The zero-order valence-corrected chi connectivity index (χ0v) is 65.6. The van der Waals surface area contributed by atoms with Gasteiger partial charge in [-0.3, -0.25) is 52.8 Å². The minimum Gasteiger partial charge on any atom is -0.479 e. The molecule has 2 aliphatic heterocycles. The molecular weight excluding hydrogens is 1440 g/mol. The van der Waals surface area contributed by atoms with Gasteiger partial charge in [-0.25, -0.2) is 14.4 Å². The molecule has 4 rings (SSSR count). The second-order valence-corrected chi connectivity index (χ2v) is 29.4. The fourth-order valence-corrected chi connectivity index (χ4v) is 13.1. The van der Waals surface area contributed by atoms with Crippen LogP contribution < -0.4 is 53.4 Å². The Bertz CT molecular complexity index is 3420. The van der Waals surface area contributed by atoms with Crippen molar-refractivity contribution in [3.05, 3.63) is 59.7 Å². The lowest BCUT2D eigenvalue weighted by molar-refractivity contribution is -0.271. The van der Waals surface area contributed by atoms with Gasteiger partial charge in [-0.15, -0.1) is 0 Å². The van der Waals surface area contributed by atoms with E-state index >= 15 is 0 Å². The van der Waals surface area contributed by atoms with Crippen LogP contribution in [-0.4, -0.2) is 250 Å². The van der Waals surface area contributed by atoms with Gasteiger partial charge in [0.2, 0.25) is 59.5 Å². The Labute approximate surface area is 642 Å². The summed E-state index contributed by atoms with van der Waals surface area (Å²) in [5, 5.41) is 71.7. The Morgan fingerprint density at radius 1 is 0.709 bits per heavy atom. The number of nitrogens with two attached hydrogens (primary N) is 2. The van der Waals surface area contributed by atoms with Crippen LogP contribution in [0.15, 0.2) is 48.5 Å². The third kappa shape index (κ3) is 28.3. The number of nitrogens with one attached hydrogen (secondary N) is 7. The minimum atomic E-state index is -2.17. The summed E-state index contributed by atoms with van der Waals surface area (Å²) in [5.41, 5.74) is 11.1. The molecular formula is C75H118N12O23. The summed E-state index contributed by atoms with van der Waals surface area (Å²) in [4.78, 5) is 179. The number of aliphatic hydroxyl groups excluding tert-OH is 4. The largest absolute Gasteiger partial charge is 0.479 e. The van der Waals surface area contributed by atoms with E-state index in [-0.39, 0.29) is 106 Å². The molecule has 110 heavy (non-hydrogen) atoms. The molecule has 12 amide bonds. The van der Waals surface area contributed by atoms with E-state index in [0.717, 1.165) is 4.90 Å². The first-order chi connectivity index (χ1) is 51.7. The number of ether oxygens (including phenoxy) is 5. The van der Waals surface area contributed by atoms with Crippen LogP contribution in [0, 0.1) is 29.6 Å². The summed E-state index contributed by atoms with van der Waals surface area (Å²) >= 11 is 0. The smallest absolute Gasteiger partial charge is 0.410 e. The van der Waals surface area contributed by atoms with Gasteiger partial charge in [0.15, 0.2) is 6.10 Å². The van der Waals surface area contributed by atoms with Crippen molar-refractivity contribution in [2.24, 2.45) is 41.1 Å². The molecule has 16 N–H and O–H groups in total. The van der Waals surface area contributed by atoms with Gasteiger partial charge in [0.1, 0.15) is 66.7 Å². The first-order valence-electron chi connectivity index (χ1n) is 37.4. The molecule has 2 aromatic carbocycles. The second-order valence-electron chi connectivity index (χ2n) is 29.4. The van der Waals surface area contributed by atoms with Crippen molar-refractivity contribution in [2.75, 3.05) is 52.8 Å². The number of carbonyl (C=O) groups is 13. The van der Waals surface area contributed by atoms with E-state index < -0.39 is 181 Å². The number of ketones is 1. The molecule has 0 saturated carbocycles. The molecule has 2 saturated heterocycles. The van der Waals surface area contributed by atoms with Crippen molar-refractivity contribution in [3.8, 4) is 5.75 Å². The Hall–Kier alpha value is -9.13. The average Bonchev–Trinajstić information content (AvgIpc) is 0.878. The first-order valence-corrected chi connectivity index (χ1v) is 37.4. The number of hydrogen-bond donors (Lipinski definition) is 14. The number of nitrogens with zero attached hydrogens (tertiary/aromatic N) is 3. The molecule has 0 aromatic heterocycles. The molecule has 35 heteroatoms. The summed E-state index contributed by atoms with van der Waals surface area (Å²) < 4.78 is 28.5. The SMILES string of the molecule is CC[C@H](C)[C@@H]([C@@H](CC(=O)N1CCC[C@H]1C[C@@H](C)C(=O)N[C@H](C)[C@@H](O)c1ccccc1)OC)N(C)C(=O)[C@@H](NC(=O)[C@H](C(C)C)N(C)C(=O)OCc1ccc(NC(=O)[C@H](CCCNC(N)=O)NC(=O)[C@@H](NC(=O)[C@H](CCC(N)=O)NC(=O)CCOCCC(C)=O)C(C)C)c(O[C@@H]2O[C@H](C(=O)O)[C@@H](O)[C@H](O)[C@H]2O)c1)C(C)C. The lowest BCUT2D eigenvalue weighted by Gasteiger charge is -2.40. The number of carbonyl (C=O) groups excluding carboxylic acids is 12. The van der Waals surface area contributed by atoms with E-state index in [0.29, 0.717) is 37.8 Å². The molecule has 0 unspecified atom stereocenters. The normalized spacial score (nSPS) is 20.0. The van der Waals surface area contributed by atoms with E-state index in [9.17, 15) is 87.9 Å². The quantitative estimate of drug-likeness (QED) is 0.0416. The number of amides is 12. The summed E-state index contributed by atoms with van der Waals surface area (Å²) in [6.45, 7) is 18.4. The van der Waals surface area contributed by atoms with Crippen LogP contribution in [0.5, 0.6) is 5.75 Å². The number of carboxylic acids is 1. The van der Waals surface area contributed by atoms with Crippen molar-refractivity contribution in [2.45, 2.75) is 245 Å². The molecule has 616 valence electrons. The van der Waals surface area contributed by atoms with Gasteiger partial charge in [0.05, 0.1) is 49.6 Å². The molecule has 0 bridgehead atoms. The molecule has 2 fully saturated rings. The molecule has 2 aromatic rings. The topological polar surface area (TPSA) is 515 Å². The second kappa shape index (κ2) is 45.3. The number of likely N-dealkylation sites (N-methyl/N-ethyl adjacent to an activating group) is 2. The van der Waals surface area contributed by atoms with Crippen molar-refractivity contribution in [3.63, 3.8) is 0 Å². The zero-order valence-electron chi connectivity index (χ0n) is 65.6. The Morgan fingerprint density at radius 2 is 1.35 bits per heavy atom. The number of carboxylic acid groups (broad SMARTS) is 1. The standard InChI is InChI=1S/C75H118N12O23/c1-15-42(8)60(53(106-14)37-56(91)87-32-20-23-48(87)35-43(9)66(96)79-45(11)61(92)47-21-17-16-18-22-47)85(12)71(101)58(40(4)5)84-70(100)59(41(6)7)86(13)75(105)108-38-46-25-26-49(52(36-46)109-73-64(95)62(93)63(94)65(110-73)72(102)103)81-67(97)50(24-19-31-78-74(77)104)82-69(99)57(39(2)3)83-68(98)51(27-28-54(76)89)80-55(90)30-34-107-33-29-44(10)88/h16-18,21-22,25-26,36,39-43,45,48,50-51,53,57-65,73,92-95H,15,19-20,23-24,27-35,37-38H2,1-14H3,(H2,76,89)(H,79,96)(H,80,90)(H,81,97)(H,82,99)(H,83,98)(H,84,100)(H,102,103)(H3,77,78,104)/t42-,43+,45+,48-,50-,51-,53+,57-,58-,59-,60-,61+,62-,63-,64+,65-,73+/m0/s1. The van der Waals surface area contributed by atoms with Crippen LogP contribution >= 0.6 is 0 Å². The number of aliphatic carboxylic acids is 1. The summed E-state index contributed by atoms with van der Waals surface area (Å²) in [5.74, 6) is -10.9. The molecule has 35 nitrogen and oxygen atoms in total. The first kappa shape index (κ1) is 93.3. The summed E-state index contributed by atoms with van der Waals surface area (Å²) in [7, 11) is 4.35. The van der Waals surface area contributed by atoms with Crippen LogP contribution in [-0.2, 0) is 78.3 Å². The summed E-state index contributed by atoms with van der Waals surface area (Å²) in [6, 6.07) is 3.48. The van der Waals surface area contributed by atoms with Crippen LogP contribution in [0.2, 0.25) is 0 Å². The Kier molecular flexibility index (Phi) is 38.4. The highest BCUT2D eigenvalue weighted by Gasteiger charge is 2.49. The van der Waals surface area contributed by atoms with Crippen LogP contribution in [0.4, 0.5) is 15.3 Å². The van der Waals surface area contributed by atoms with E-state index in [1.165, 1.54) is 44.2 Å². The van der Waals surface area contributed by atoms with Gasteiger partial charge in [-0.2, -0.15) is 0 Å². The predicted octanol–water partition coefficient (Wildman–Crippen LogP) is 1.37. The average molecular weight is 1560 g/mol. The van der Waals surface area contributed by atoms with Gasteiger partial charge in [0.25, 0.3) is 0 Å². The van der Waals surface area contributed by atoms with E-state index in [2.05, 4.69) is 37.2 Å². The third-order valence-electron chi connectivity index (χ3n) is 19.6. The molecule has 0 spiro atoms. The monoisotopic (exact) mass is 1550 g/mol. The molecule has 17 atom stereocenters. The number of urea groups is 1. The number of rotatable bonds is 45. The van der Waals surface area contributed by atoms with Crippen LogP contribution in [0.25, 0.3) is 0 Å². The predicted molar refractivity (Wildman–Crippen MR) is 399 cm³/mol. The Morgan fingerprint density at radius 3 is 1.94 bits per heavy atom. The van der Waals surface area contributed by atoms with Crippen molar-refractivity contribution in [1.82, 2.24) is 46.6 Å². The van der Waals surface area contributed by atoms with Gasteiger partial charge < -0.3 is 108 Å². The number of Topliss-reactive ketones (excluding diaryl/α,β-unsaturated/α-hetero) is 1. The maximum Gasteiger partial charge on any atom is 0.410 e. The van der Waals surface area contributed by atoms with Gasteiger partial charge in [0, 0.05) is 65.5 Å². The van der Waals surface area contributed by atoms with Crippen molar-refractivity contribution < 1.29 is 112 Å². The van der Waals surface area contributed by atoms with Crippen LogP contribution in [0.3, 0.4) is 0 Å². The Balaban J connectivity index is 1.58. The minimum absolute atomic E-state index is 0.00997. The maximum absolute atomic E-state index is 14.9. The van der Waals surface area contributed by atoms with E-state index in [4.69, 9.17) is 35.2 Å². The highest BCUT2D eigenvalue weighted by Crippen LogP contribution is 2.33. The van der Waals surface area contributed by atoms with E-state index in [1.807, 2.05) is 19.9 Å². The number of primary amides is 2. The number of benzene rings is 2. The molecule has 0 radical (unpaired) electrons. The number of aliphatic hydroxyl groups is 4. The van der Waals surface area contributed by atoms with Gasteiger partial charge in [-0.05, 0) is 99.3 Å². The maximum atomic E-state index is 14.9. The number of anilines is 1. The molecule has 2 heterocycles. The fraction of sp³-hybridized carbons (Fsp3) is 0.667. The lowest BCUT2D eigenvalue weighted by Crippen LogP contribution is -2.61. The number of likely N-dealkylation sites (tertiary alicyclic amines) is 1. The molecule has 0 aliphatic carbocycles. The van der Waals surface area contributed by atoms with E-state index in [1.54, 1.807) is 91.6 Å². The fourth-order valence-electron chi connectivity index (χ4n) is 13.1. The lowest BCUT2D eigenvalue weighted by atomic mass is 9.89. The van der Waals surface area contributed by atoms with Gasteiger partial charge in [-0.1, -0.05) is 105 Å². The highest BCUT2D eigenvalue weighted by molar-refractivity contribution is 6.00.